The standard InChI is InChI=1S/C24H27F2N3O5S/c1-24(2)33-13-21(34-24)20-11-28-22(12-27-20)29-23(30)17(8-14-9-18(25)19(26)10-14)15-4-6-16(7-5-15)35(3,31)32/h4-8,11-12,14,18-19,21H,9-10,13H2,1-3H3,(H,28,29,30)/b17-8+/t14-,18+,19-,21-/m0/s1. The Hall–Kier alpha value is -2.76. The minimum atomic E-state index is -3.43. The minimum absolute atomic E-state index is 0.0340. The lowest BCUT2D eigenvalue weighted by molar-refractivity contribution is -0.139. The third-order valence-electron chi connectivity index (χ3n) is 5.94. The average Bonchev–Trinajstić information content (AvgIpc) is 3.32. The third-order valence-corrected chi connectivity index (χ3v) is 7.07. The van der Waals surface area contributed by atoms with Gasteiger partial charge in [0.1, 0.15) is 18.4 Å². The summed E-state index contributed by atoms with van der Waals surface area (Å²) in [6.45, 7) is 3.92. The van der Waals surface area contributed by atoms with Crippen molar-refractivity contribution in [1.29, 1.82) is 0 Å². The van der Waals surface area contributed by atoms with Crippen molar-refractivity contribution >= 4 is 27.1 Å². The number of rotatable bonds is 6. The molecule has 188 valence electrons. The van der Waals surface area contributed by atoms with Crippen LogP contribution in [0.25, 0.3) is 5.57 Å². The summed E-state index contributed by atoms with van der Waals surface area (Å²) in [5, 5.41) is 2.66. The van der Waals surface area contributed by atoms with Crippen molar-refractivity contribution < 1.29 is 31.5 Å². The van der Waals surface area contributed by atoms with Crippen LogP contribution in [0.4, 0.5) is 14.6 Å². The molecule has 1 saturated carbocycles. The average molecular weight is 508 g/mol. The number of benzene rings is 1. The van der Waals surface area contributed by atoms with E-state index < -0.39 is 39.8 Å². The fraction of sp³-hybridized carbons (Fsp3) is 0.458. The third kappa shape index (κ3) is 6.09. The van der Waals surface area contributed by atoms with Gasteiger partial charge in [0, 0.05) is 11.8 Å². The summed E-state index contributed by atoms with van der Waals surface area (Å²) in [6, 6.07) is 5.75. The predicted molar refractivity (Wildman–Crippen MR) is 125 cm³/mol. The zero-order valence-corrected chi connectivity index (χ0v) is 20.4. The molecule has 11 heteroatoms. The van der Waals surface area contributed by atoms with Gasteiger partial charge in [-0.1, -0.05) is 18.2 Å². The number of amides is 1. The number of aromatic nitrogens is 2. The molecule has 4 rings (SSSR count). The van der Waals surface area contributed by atoms with E-state index in [1.807, 2.05) is 0 Å². The van der Waals surface area contributed by atoms with Crippen LogP contribution in [-0.2, 0) is 24.1 Å². The first-order valence-electron chi connectivity index (χ1n) is 11.2. The quantitative estimate of drug-likeness (QED) is 0.593. The first kappa shape index (κ1) is 25.3. The van der Waals surface area contributed by atoms with E-state index in [1.165, 1.54) is 42.7 Å². The molecule has 1 saturated heterocycles. The molecule has 2 heterocycles. The summed E-state index contributed by atoms with van der Waals surface area (Å²) in [6.07, 6.45) is 1.86. The Bertz CT molecular complexity index is 1210. The van der Waals surface area contributed by atoms with E-state index >= 15 is 0 Å². The van der Waals surface area contributed by atoms with Gasteiger partial charge in [-0.3, -0.25) is 9.78 Å². The van der Waals surface area contributed by atoms with Gasteiger partial charge in [0.2, 0.25) is 0 Å². The first-order valence-corrected chi connectivity index (χ1v) is 13.1. The Morgan fingerprint density at radius 3 is 2.29 bits per heavy atom. The number of ether oxygens (including phenoxy) is 2. The Labute approximate surface area is 202 Å². The highest BCUT2D eigenvalue weighted by Gasteiger charge is 2.35. The molecule has 2 aromatic rings. The number of halogens is 2. The van der Waals surface area contributed by atoms with E-state index in [0.29, 0.717) is 17.9 Å². The fourth-order valence-corrected chi connectivity index (χ4v) is 4.74. The lowest BCUT2D eigenvalue weighted by atomic mass is 9.98. The van der Waals surface area contributed by atoms with E-state index in [-0.39, 0.29) is 35.2 Å². The van der Waals surface area contributed by atoms with Crippen molar-refractivity contribution in [2.24, 2.45) is 5.92 Å². The minimum Gasteiger partial charge on any atom is -0.347 e. The number of carbonyl (C=O) groups excluding carboxylic acids is 1. The van der Waals surface area contributed by atoms with Crippen molar-refractivity contribution in [2.45, 2.75) is 55.8 Å². The highest BCUT2D eigenvalue weighted by molar-refractivity contribution is 7.90. The number of hydrogen-bond acceptors (Lipinski definition) is 7. The molecule has 2 aliphatic rings. The highest BCUT2D eigenvalue weighted by Crippen LogP contribution is 2.34. The van der Waals surface area contributed by atoms with Crippen LogP contribution in [0.15, 0.2) is 47.6 Å². The van der Waals surface area contributed by atoms with Crippen molar-refractivity contribution in [2.75, 3.05) is 18.2 Å². The SMILES string of the molecule is CC1(C)OC[C@@H](c2cnc(NC(=O)/C(=C/[C@H]3C[C@@H](F)[C@@H](F)C3)c3ccc(S(C)(=O)=O)cc3)cn2)O1. The van der Waals surface area contributed by atoms with E-state index in [2.05, 4.69) is 15.3 Å². The second-order valence-electron chi connectivity index (χ2n) is 9.24. The fourth-order valence-electron chi connectivity index (χ4n) is 4.11. The monoisotopic (exact) mass is 507 g/mol. The summed E-state index contributed by atoms with van der Waals surface area (Å²) in [7, 11) is -3.43. The van der Waals surface area contributed by atoms with E-state index in [4.69, 9.17) is 9.47 Å². The van der Waals surface area contributed by atoms with Crippen LogP contribution in [0.1, 0.15) is 44.1 Å². The number of anilines is 1. The maximum atomic E-state index is 13.8. The molecule has 1 amide bonds. The largest absolute Gasteiger partial charge is 0.347 e. The number of nitrogens with zero attached hydrogens (tertiary/aromatic N) is 2. The smallest absolute Gasteiger partial charge is 0.257 e. The molecular formula is C24H27F2N3O5S. The summed E-state index contributed by atoms with van der Waals surface area (Å²) in [5.41, 5.74) is 1.13. The molecule has 1 aromatic carbocycles. The summed E-state index contributed by atoms with van der Waals surface area (Å²) in [5.74, 6) is -1.58. The van der Waals surface area contributed by atoms with Gasteiger partial charge in [0.15, 0.2) is 21.4 Å². The van der Waals surface area contributed by atoms with Crippen LogP contribution in [0.2, 0.25) is 0 Å². The van der Waals surface area contributed by atoms with Crippen molar-refractivity contribution in [3.8, 4) is 0 Å². The molecule has 0 spiro atoms. The number of allylic oxidation sites excluding steroid dienone is 1. The second-order valence-corrected chi connectivity index (χ2v) is 11.3. The lowest BCUT2D eigenvalue weighted by Gasteiger charge is -2.16. The number of hydrogen-bond donors (Lipinski definition) is 1. The number of nitrogens with one attached hydrogen (secondary N) is 1. The van der Waals surface area contributed by atoms with Crippen LogP contribution in [-0.4, -0.2) is 55.3 Å². The van der Waals surface area contributed by atoms with Gasteiger partial charge in [-0.15, -0.1) is 0 Å². The van der Waals surface area contributed by atoms with Crippen molar-refractivity contribution in [3.05, 3.63) is 54.0 Å². The molecule has 0 radical (unpaired) electrons. The van der Waals surface area contributed by atoms with Crippen molar-refractivity contribution in [1.82, 2.24) is 9.97 Å². The van der Waals surface area contributed by atoms with Crippen LogP contribution in [0, 0.1) is 5.92 Å². The van der Waals surface area contributed by atoms with Gasteiger partial charge in [-0.2, -0.15) is 0 Å². The molecule has 1 aliphatic heterocycles. The van der Waals surface area contributed by atoms with E-state index in [1.54, 1.807) is 13.8 Å². The van der Waals surface area contributed by atoms with Crippen LogP contribution in [0.3, 0.4) is 0 Å². The van der Waals surface area contributed by atoms with Gasteiger partial charge in [-0.05, 0) is 50.3 Å². The molecule has 4 atom stereocenters. The normalized spacial score (nSPS) is 26.6. The van der Waals surface area contributed by atoms with Gasteiger partial charge < -0.3 is 14.8 Å². The summed E-state index contributed by atoms with van der Waals surface area (Å²) >= 11 is 0. The van der Waals surface area contributed by atoms with Gasteiger partial charge in [0.25, 0.3) is 5.91 Å². The molecular weight excluding hydrogens is 480 g/mol. The van der Waals surface area contributed by atoms with Gasteiger partial charge in [0.05, 0.1) is 29.6 Å². The molecule has 1 aromatic heterocycles. The molecule has 0 unspecified atom stereocenters. The van der Waals surface area contributed by atoms with Crippen LogP contribution >= 0.6 is 0 Å². The predicted octanol–water partition coefficient (Wildman–Crippen LogP) is 3.81. The van der Waals surface area contributed by atoms with E-state index in [9.17, 15) is 22.0 Å². The van der Waals surface area contributed by atoms with Crippen LogP contribution < -0.4 is 5.32 Å². The molecule has 8 nitrogen and oxygen atoms in total. The first-order chi connectivity index (χ1) is 16.4. The maximum Gasteiger partial charge on any atom is 0.257 e. The molecule has 2 fully saturated rings. The van der Waals surface area contributed by atoms with Gasteiger partial charge in [-0.25, -0.2) is 22.2 Å². The van der Waals surface area contributed by atoms with Crippen LogP contribution in [0.5, 0.6) is 0 Å². The topological polar surface area (TPSA) is 107 Å². The second kappa shape index (κ2) is 9.71. The summed E-state index contributed by atoms with van der Waals surface area (Å²) < 4.78 is 62.4. The molecule has 1 N–H and O–H groups in total. The van der Waals surface area contributed by atoms with E-state index in [0.717, 1.165) is 6.26 Å². The summed E-state index contributed by atoms with van der Waals surface area (Å²) in [4.78, 5) is 21.8. The Morgan fingerprint density at radius 1 is 1.11 bits per heavy atom. The maximum absolute atomic E-state index is 13.8. The molecule has 35 heavy (non-hydrogen) atoms. The zero-order chi connectivity index (χ0) is 25.4. The lowest BCUT2D eigenvalue weighted by Crippen LogP contribution is -2.20. The Kier molecular flexibility index (Phi) is 7.03. The van der Waals surface area contributed by atoms with Gasteiger partial charge >= 0.3 is 0 Å². The highest BCUT2D eigenvalue weighted by atomic mass is 32.2. The molecule has 0 bridgehead atoms. The molecule has 1 aliphatic carbocycles. The Balaban J connectivity index is 1.55. The van der Waals surface area contributed by atoms with Crippen molar-refractivity contribution in [3.63, 3.8) is 0 Å². The Morgan fingerprint density at radius 2 is 1.77 bits per heavy atom. The number of carbonyl (C=O) groups is 1. The number of alkyl halides is 2. The zero-order valence-electron chi connectivity index (χ0n) is 19.6. The number of sulfone groups is 1.